The minimum absolute atomic E-state index is 0.0483. The molecule has 1 heterocycles. The van der Waals surface area contributed by atoms with Crippen LogP contribution in [0.2, 0.25) is 0 Å². The first-order chi connectivity index (χ1) is 8.82. The summed E-state index contributed by atoms with van der Waals surface area (Å²) in [5.41, 5.74) is 0.307. The second-order valence-electron chi connectivity index (χ2n) is 4.64. The van der Waals surface area contributed by atoms with Gasteiger partial charge in [0.15, 0.2) is 5.69 Å². The topological polar surface area (TPSA) is 92.2 Å². The van der Waals surface area contributed by atoms with Crippen molar-refractivity contribution >= 4 is 22.5 Å². The Morgan fingerprint density at radius 2 is 2.11 bits per heavy atom. The van der Waals surface area contributed by atoms with Crippen molar-refractivity contribution in [1.82, 2.24) is 9.97 Å². The Labute approximate surface area is 115 Å². The molecule has 0 aliphatic carbocycles. The molecule has 0 saturated carbocycles. The van der Waals surface area contributed by atoms with Gasteiger partial charge in [-0.2, -0.15) is 0 Å². The Hall–Kier alpha value is -1.50. The average Bonchev–Trinajstić information content (AvgIpc) is 2.35. The molecular weight excluding hydrogens is 266 g/mol. The number of aromatic nitrogens is 2. The van der Waals surface area contributed by atoms with E-state index in [-0.39, 0.29) is 16.9 Å². The highest BCUT2D eigenvalue weighted by Crippen LogP contribution is 2.16. The number of nitrogens with zero attached hydrogens (tertiary/aromatic N) is 2. The summed E-state index contributed by atoms with van der Waals surface area (Å²) in [4.78, 5) is 19.4. The highest BCUT2D eigenvalue weighted by atomic mass is 32.2. The molecule has 7 heteroatoms. The fourth-order valence-corrected chi connectivity index (χ4v) is 1.66. The Morgan fingerprint density at radius 3 is 2.58 bits per heavy atom. The number of rotatable bonds is 6. The zero-order valence-corrected chi connectivity index (χ0v) is 12.3. The van der Waals surface area contributed by atoms with Gasteiger partial charge in [0.2, 0.25) is 0 Å². The molecule has 0 bridgehead atoms. The predicted octanol–water partition coefficient (Wildman–Crippen LogP) is 1.48. The minimum atomic E-state index is -1.10. The lowest BCUT2D eigenvalue weighted by Gasteiger charge is -2.13. The second-order valence-corrected chi connectivity index (χ2v) is 6.44. The maximum atomic E-state index is 11.3. The van der Waals surface area contributed by atoms with E-state index in [1.165, 1.54) is 6.20 Å². The van der Waals surface area contributed by atoms with Crippen LogP contribution in [-0.4, -0.2) is 43.3 Å². The first-order valence-corrected chi connectivity index (χ1v) is 7.61. The van der Waals surface area contributed by atoms with E-state index in [0.29, 0.717) is 18.1 Å². The SMILES string of the molecule is CC(C)c1ncc(NCC(C)S(C)=O)c(C(=O)O)n1. The summed E-state index contributed by atoms with van der Waals surface area (Å²) < 4.78 is 11.3. The number of carboxylic acids is 1. The van der Waals surface area contributed by atoms with Crippen LogP contribution in [0.15, 0.2) is 6.20 Å². The lowest BCUT2D eigenvalue weighted by atomic mass is 10.2. The normalized spacial score (nSPS) is 14.2. The molecule has 0 fully saturated rings. The maximum absolute atomic E-state index is 11.3. The molecule has 0 aliphatic rings. The molecule has 0 radical (unpaired) electrons. The van der Waals surface area contributed by atoms with Crippen molar-refractivity contribution in [1.29, 1.82) is 0 Å². The summed E-state index contributed by atoms with van der Waals surface area (Å²) in [6.45, 7) is 6.04. The van der Waals surface area contributed by atoms with E-state index in [4.69, 9.17) is 5.11 Å². The Balaban J connectivity index is 2.94. The standard InChI is InChI=1S/C12H19N3O3S/c1-7(2)11-14-6-9(10(15-11)12(16)17)13-5-8(3)19(4)18/h6-8,13H,5H2,1-4H3,(H,16,17). The molecular formula is C12H19N3O3S. The van der Waals surface area contributed by atoms with Crippen LogP contribution in [0.5, 0.6) is 0 Å². The number of hydrogen-bond acceptors (Lipinski definition) is 5. The second kappa shape index (κ2) is 6.60. The lowest BCUT2D eigenvalue weighted by Crippen LogP contribution is -2.22. The fraction of sp³-hybridized carbons (Fsp3) is 0.583. The Kier molecular flexibility index (Phi) is 5.41. The number of aromatic carboxylic acids is 1. The van der Waals surface area contributed by atoms with Gasteiger partial charge in [-0.05, 0) is 6.92 Å². The summed E-state index contributed by atoms with van der Waals surface area (Å²) in [7, 11) is -0.964. The van der Waals surface area contributed by atoms with E-state index >= 15 is 0 Å². The van der Waals surface area contributed by atoms with Crippen LogP contribution in [0.4, 0.5) is 5.69 Å². The number of hydrogen-bond donors (Lipinski definition) is 2. The van der Waals surface area contributed by atoms with Crippen molar-refractivity contribution in [3.8, 4) is 0 Å². The van der Waals surface area contributed by atoms with Gasteiger partial charge in [0.25, 0.3) is 0 Å². The van der Waals surface area contributed by atoms with Crippen LogP contribution >= 0.6 is 0 Å². The molecule has 2 unspecified atom stereocenters. The van der Waals surface area contributed by atoms with E-state index in [0.717, 1.165) is 0 Å². The number of carbonyl (C=O) groups is 1. The number of carboxylic acid groups (broad SMARTS) is 1. The molecule has 0 amide bonds. The van der Waals surface area contributed by atoms with Crippen molar-refractivity contribution < 1.29 is 14.1 Å². The third-order valence-corrected chi connectivity index (χ3v) is 3.97. The Morgan fingerprint density at radius 1 is 1.47 bits per heavy atom. The third-order valence-electron chi connectivity index (χ3n) is 2.67. The molecule has 0 spiro atoms. The van der Waals surface area contributed by atoms with Gasteiger partial charge < -0.3 is 10.4 Å². The first kappa shape index (κ1) is 15.6. The summed E-state index contributed by atoms with van der Waals surface area (Å²) in [5, 5.41) is 12.0. The average molecular weight is 285 g/mol. The predicted molar refractivity (Wildman–Crippen MR) is 75.1 cm³/mol. The van der Waals surface area contributed by atoms with Crippen LogP contribution in [0.25, 0.3) is 0 Å². The minimum Gasteiger partial charge on any atom is -0.476 e. The van der Waals surface area contributed by atoms with Crippen molar-refractivity contribution in [3.63, 3.8) is 0 Å². The zero-order valence-electron chi connectivity index (χ0n) is 11.5. The first-order valence-electron chi connectivity index (χ1n) is 5.99. The highest BCUT2D eigenvalue weighted by molar-refractivity contribution is 7.84. The highest BCUT2D eigenvalue weighted by Gasteiger charge is 2.16. The largest absolute Gasteiger partial charge is 0.476 e. The van der Waals surface area contributed by atoms with Gasteiger partial charge in [-0.15, -0.1) is 0 Å². The van der Waals surface area contributed by atoms with Crippen molar-refractivity contribution in [2.75, 3.05) is 18.1 Å². The van der Waals surface area contributed by atoms with Crippen molar-refractivity contribution in [2.45, 2.75) is 31.9 Å². The van der Waals surface area contributed by atoms with Crippen molar-refractivity contribution in [2.24, 2.45) is 0 Å². The van der Waals surface area contributed by atoms with E-state index in [1.807, 2.05) is 20.8 Å². The van der Waals surface area contributed by atoms with E-state index in [1.54, 1.807) is 6.26 Å². The van der Waals surface area contributed by atoms with Crippen LogP contribution < -0.4 is 5.32 Å². The maximum Gasteiger partial charge on any atom is 0.356 e. The number of nitrogens with one attached hydrogen (secondary N) is 1. The quantitative estimate of drug-likeness (QED) is 0.822. The monoisotopic (exact) mass is 285 g/mol. The third kappa shape index (κ3) is 4.27. The molecule has 1 aromatic heterocycles. The van der Waals surface area contributed by atoms with Gasteiger partial charge in [-0.1, -0.05) is 13.8 Å². The van der Waals surface area contributed by atoms with Gasteiger partial charge in [0, 0.05) is 34.8 Å². The molecule has 19 heavy (non-hydrogen) atoms. The van der Waals surface area contributed by atoms with Crippen molar-refractivity contribution in [3.05, 3.63) is 17.7 Å². The van der Waals surface area contributed by atoms with Crippen LogP contribution in [-0.2, 0) is 10.8 Å². The van der Waals surface area contributed by atoms with Gasteiger partial charge in [-0.25, -0.2) is 14.8 Å². The van der Waals surface area contributed by atoms with Gasteiger partial charge in [-0.3, -0.25) is 4.21 Å². The molecule has 6 nitrogen and oxygen atoms in total. The zero-order chi connectivity index (χ0) is 14.6. The smallest absolute Gasteiger partial charge is 0.356 e. The van der Waals surface area contributed by atoms with Crippen LogP contribution in [0.1, 0.15) is 43.0 Å². The van der Waals surface area contributed by atoms with Gasteiger partial charge in [0.05, 0.1) is 11.9 Å². The molecule has 1 aromatic rings. The molecule has 2 N–H and O–H groups in total. The van der Waals surface area contributed by atoms with E-state index < -0.39 is 16.8 Å². The van der Waals surface area contributed by atoms with Crippen LogP contribution in [0, 0.1) is 0 Å². The summed E-state index contributed by atoms with van der Waals surface area (Å²) in [6, 6.07) is 0. The molecule has 106 valence electrons. The number of anilines is 1. The molecule has 1 rings (SSSR count). The van der Waals surface area contributed by atoms with Crippen LogP contribution in [0.3, 0.4) is 0 Å². The molecule has 0 aliphatic heterocycles. The molecule has 2 atom stereocenters. The van der Waals surface area contributed by atoms with Gasteiger partial charge >= 0.3 is 5.97 Å². The summed E-state index contributed by atoms with van der Waals surface area (Å²) >= 11 is 0. The molecule has 0 saturated heterocycles. The molecule has 0 aromatic carbocycles. The summed E-state index contributed by atoms with van der Waals surface area (Å²) in [5.74, 6) is -0.540. The Bertz CT molecular complexity index is 491. The van der Waals surface area contributed by atoms with E-state index in [9.17, 15) is 9.00 Å². The van der Waals surface area contributed by atoms with E-state index in [2.05, 4.69) is 15.3 Å². The fourth-order valence-electron chi connectivity index (χ4n) is 1.34. The lowest BCUT2D eigenvalue weighted by molar-refractivity contribution is 0.0691. The summed E-state index contributed by atoms with van der Waals surface area (Å²) in [6.07, 6.45) is 3.08. The van der Waals surface area contributed by atoms with Gasteiger partial charge in [0.1, 0.15) is 5.82 Å².